The van der Waals surface area contributed by atoms with E-state index >= 15 is 0 Å². The Morgan fingerprint density at radius 1 is 1.24 bits per heavy atom. The van der Waals surface area contributed by atoms with Crippen molar-refractivity contribution >= 4 is 11.8 Å². The van der Waals surface area contributed by atoms with E-state index in [2.05, 4.69) is 10.5 Å². The number of esters is 1. The summed E-state index contributed by atoms with van der Waals surface area (Å²) >= 11 is 0. The number of para-hydroxylation sites is 1. The predicted molar refractivity (Wildman–Crippen MR) is 108 cm³/mol. The number of benzene rings is 1. The predicted octanol–water partition coefficient (Wildman–Crippen LogP) is 2.95. The minimum Gasteiger partial charge on any atom is -0.493 e. The number of hydrogen-bond donors (Lipinski definition) is 2. The van der Waals surface area contributed by atoms with Gasteiger partial charge < -0.3 is 19.7 Å². The molecule has 1 aromatic rings. The van der Waals surface area contributed by atoms with E-state index in [1.54, 1.807) is 18.2 Å². The first-order valence-electron chi connectivity index (χ1n) is 9.72. The highest BCUT2D eigenvalue weighted by atomic mass is 16.5. The maximum atomic E-state index is 12.2. The minimum atomic E-state index is -2.04. The van der Waals surface area contributed by atoms with Crippen molar-refractivity contribution in [2.24, 2.45) is 11.8 Å². The lowest BCUT2D eigenvalue weighted by atomic mass is 9.89. The molecule has 1 saturated carbocycles. The SMILES string of the molecule is COC(=O)CCC=C=CC[C@H]1C(=O)CC(O)(O)[C@@H]1/C=C/CCOc1ccccc1. The topological polar surface area (TPSA) is 93.1 Å². The number of rotatable bonds is 10. The van der Waals surface area contributed by atoms with Crippen LogP contribution in [0.15, 0.2) is 60.4 Å². The molecule has 0 aromatic heterocycles. The van der Waals surface area contributed by atoms with Gasteiger partial charge in [-0.3, -0.25) is 9.59 Å². The lowest BCUT2D eigenvalue weighted by Gasteiger charge is -2.23. The van der Waals surface area contributed by atoms with Gasteiger partial charge in [0.25, 0.3) is 0 Å². The van der Waals surface area contributed by atoms with Gasteiger partial charge >= 0.3 is 5.97 Å². The van der Waals surface area contributed by atoms with E-state index in [9.17, 15) is 19.8 Å². The fraction of sp³-hybridized carbons (Fsp3) is 0.435. The van der Waals surface area contributed by atoms with Crippen LogP contribution in [0.3, 0.4) is 0 Å². The van der Waals surface area contributed by atoms with Gasteiger partial charge in [-0.25, -0.2) is 0 Å². The molecule has 6 nitrogen and oxygen atoms in total. The number of carbonyl (C=O) groups is 2. The Labute approximate surface area is 171 Å². The van der Waals surface area contributed by atoms with Crippen LogP contribution in [0, 0.1) is 11.8 Å². The summed E-state index contributed by atoms with van der Waals surface area (Å²) in [6.07, 6.45) is 8.33. The molecular weight excluding hydrogens is 372 g/mol. The van der Waals surface area contributed by atoms with Crippen LogP contribution >= 0.6 is 0 Å². The zero-order valence-corrected chi connectivity index (χ0v) is 16.6. The fourth-order valence-electron chi connectivity index (χ4n) is 3.25. The van der Waals surface area contributed by atoms with Crippen LogP contribution in [-0.4, -0.2) is 41.5 Å². The maximum Gasteiger partial charge on any atom is 0.305 e. The Morgan fingerprint density at radius 3 is 2.72 bits per heavy atom. The van der Waals surface area contributed by atoms with E-state index in [0.29, 0.717) is 25.9 Å². The number of hydrogen-bond acceptors (Lipinski definition) is 6. The van der Waals surface area contributed by atoms with E-state index in [1.807, 2.05) is 36.4 Å². The van der Waals surface area contributed by atoms with E-state index < -0.39 is 17.6 Å². The van der Waals surface area contributed by atoms with Crippen LogP contribution in [0.2, 0.25) is 0 Å². The molecule has 0 aliphatic heterocycles. The number of Topliss-reactive ketones (excluding diaryl/α,β-unsaturated/α-hetero) is 1. The zero-order chi connectivity index (χ0) is 21.1. The van der Waals surface area contributed by atoms with Gasteiger partial charge in [-0.05, 0) is 43.5 Å². The normalized spacial score (nSPS) is 20.3. The number of carbonyl (C=O) groups excluding carboxylic acids is 2. The van der Waals surface area contributed by atoms with Gasteiger partial charge in [0.2, 0.25) is 0 Å². The molecule has 1 aliphatic rings. The largest absolute Gasteiger partial charge is 0.493 e. The Morgan fingerprint density at radius 2 is 2.00 bits per heavy atom. The van der Waals surface area contributed by atoms with Crippen molar-refractivity contribution in [3.05, 3.63) is 60.4 Å². The molecule has 29 heavy (non-hydrogen) atoms. The molecule has 6 heteroatoms. The van der Waals surface area contributed by atoms with Gasteiger partial charge in [0.1, 0.15) is 11.5 Å². The third kappa shape index (κ3) is 7.35. The highest BCUT2D eigenvalue weighted by Gasteiger charge is 2.49. The lowest BCUT2D eigenvalue weighted by Crippen LogP contribution is -2.33. The summed E-state index contributed by atoms with van der Waals surface area (Å²) < 4.78 is 10.2. The average molecular weight is 400 g/mol. The monoisotopic (exact) mass is 400 g/mol. The van der Waals surface area contributed by atoms with Crippen molar-refractivity contribution < 1.29 is 29.3 Å². The summed E-state index contributed by atoms with van der Waals surface area (Å²) in [6, 6.07) is 9.43. The first-order chi connectivity index (χ1) is 13.9. The molecule has 0 heterocycles. The molecule has 0 bridgehead atoms. The van der Waals surface area contributed by atoms with Crippen LogP contribution in [0.5, 0.6) is 5.75 Å². The van der Waals surface area contributed by atoms with Gasteiger partial charge in [-0.1, -0.05) is 30.4 Å². The molecule has 0 amide bonds. The second-order valence-electron chi connectivity index (χ2n) is 6.96. The molecule has 1 fully saturated rings. The third-order valence-electron chi connectivity index (χ3n) is 4.78. The van der Waals surface area contributed by atoms with Crippen LogP contribution in [-0.2, 0) is 14.3 Å². The number of aliphatic hydroxyl groups is 2. The smallest absolute Gasteiger partial charge is 0.305 e. The van der Waals surface area contributed by atoms with Crippen LogP contribution in [0.25, 0.3) is 0 Å². The fourth-order valence-corrected chi connectivity index (χ4v) is 3.25. The highest BCUT2D eigenvalue weighted by molar-refractivity contribution is 5.85. The molecule has 0 unspecified atom stereocenters. The van der Waals surface area contributed by atoms with Crippen LogP contribution in [0.1, 0.15) is 32.1 Å². The van der Waals surface area contributed by atoms with Gasteiger partial charge in [0, 0.05) is 18.3 Å². The van der Waals surface area contributed by atoms with E-state index in [-0.39, 0.29) is 24.6 Å². The van der Waals surface area contributed by atoms with Gasteiger partial charge in [0.05, 0.1) is 20.1 Å². The minimum absolute atomic E-state index is 0.183. The molecule has 2 atom stereocenters. The summed E-state index contributed by atoms with van der Waals surface area (Å²) in [6.45, 7) is 0.457. The van der Waals surface area contributed by atoms with Gasteiger partial charge in [-0.15, -0.1) is 5.73 Å². The standard InChI is InChI=1S/C23H28O6/c1-28-22(25)15-8-3-2-7-13-19-20(23(26,27)17-21(19)24)14-9-10-16-29-18-11-5-4-6-12-18/h3-7,9,11-12,14,19-20,26-27H,8,10,13,15-17H2,1H3/b14-9+/t2?,19-,20-/m1/s1. The van der Waals surface area contributed by atoms with Crippen LogP contribution in [0.4, 0.5) is 0 Å². The first-order valence-corrected chi connectivity index (χ1v) is 9.72. The maximum absolute atomic E-state index is 12.2. The quantitative estimate of drug-likeness (QED) is 0.206. The number of ketones is 1. The van der Waals surface area contributed by atoms with Gasteiger partial charge in [0.15, 0.2) is 5.79 Å². The number of ether oxygens (including phenoxy) is 2. The van der Waals surface area contributed by atoms with Crippen molar-refractivity contribution in [3.8, 4) is 5.75 Å². The van der Waals surface area contributed by atoms with Crippen LogP contribution < -0.4 is 4.74 Å². The summed E-state index contributed by atoms with van der Waals surface area (Å²) in [5.41, 5.74) is 2.94. The second-order valence-corrected chi connectivity index (χ2v) is 6.96. The van der Waals surface area contributed by atoms with Crippen molar-refractivity contribution in [1.82, 2.24) is 0 Å². The molecule has 0 spiro atoms. The molecule has 1 aromatic carbocycles. The molecular formula is C23H28O6. The Hall–Kier alpha value is -2.66. The Bertz CT molecular complexity index is 759. The Balaban J connectivity index is 1.86. The van der Waals surface area contributed by atoms with Gasteiger partial charge in [-0.2, -0.15) is 0 Å². The molecule has 0 radical (unpaired) electrons. The average Bonchev–Trinajstić information content (AvgIpc) is 2.92. The van der Waals surface area contributed by atoms with Crippen molar-refractivity contribution in [1.29, 1.82) is 0 Å². The first kappa shape index (κ1) is 22.6. The second kappa shape index (κ2) is 11.4. The number of methoxy groups -OCH3 is 1. The molecule has 2 rings (SSSR count). The molecule has 0 saturated heterocycles. The van der Waals surface area contributed by atoms with Crippen molar-refractivity contribution in [2.45, 2.75) is 37.9 Å². The number of allylic oxidation sites excluding steroid dienone is 1. The summed E-state index contributed by atoms with van der Waals surface area (Å²) in [7, 11) is 1.34. The summed E-state index contributed by atoms with van der Waals surface area (Å²) in [5.74, 6) is -2.94. The summed E-state index contributed by atoms with van der Waals surface area (Å²) in [5, 5.41) is 20.4. The van der Waals surface area contributed by atoms with Crippen molar-refractivity contribution in [3.63, 3.8) is 0 Å². The van der Waals surface area contributed by atoms with Crippen molar-refractivity contribution in [2.75, 3.05) is 13.7 Å². The zero-order valence-electron chi connectivity index (χ0n) is 16.6. The van der Waals surface area contributed by atoms with E-state index in [4.69, 9.17) is 4.74 Å². The molecule has 156 valence electrons. The molecule has 2 N–H and O–H groups in total. The summed E-state index contributed by atoms with van der Waals surface area (Å²) in [4.78, 5) is 23.3. The lowest BCUT2D eigenvalue weighted by molar-refractivity contribution is -0.178. The molecule has 1 aliphatic carbocycles. The third-order valence-corrected chi connectivity index (χ3v) is 4.78. The highest BCUT2D eigenvalue weighted by Crippen LogP contribution is 2.39. The van der Waals surface area contributed by atoms with E-state index in [0.717, 1.165) is 5.75 Å². The Kier molecular flexibility index (Phi) is 8.87. The van der Waals surface area contributed by atoms with E-state index in [1.165, 1.54) is 7.11 Å².